The minimum absolute atomic E-state index is 0.0734. The Hall–Kier alpha value is -1.47. The Morgan fingerprint density at radius 2 is 1.14 bits per heavy atom. The summed E-state index contributed by atoms with van der Waals surface area (Å²) in [5.41, 5.74) is 0. The Morgan fingerprint density at radius 3 is 1.50 bits per heavy atom. The van der Waals surface area contributed by atoms with Crippen molar-refractivity contribution >= 4 is 17.6 Å². The van der Waals surface area contributed by atoms with Gasteiger partial charge in [0.1, 0.15) is 5.78 Å². The van der Waals surface area contributed by atoms with E-state index in [-0.39, 0.29) is 43.3 Å². The van der Waals surface area contributed by atoms with Crippen LogP contribution in [-0.4, -0.2) is 54.0 Å². The third-order valence-corrected chi connectivity index (χ3v) is 3.80. The van der Waals surface area contributed by atoms with Crippen molar-refractivity contribution in [1.82, 2.24) is 10.1 Å². The summed E-state index contributed by atoms with van der Waals surface area (Å²) in [4.78, 5) is 46.0. The van der Waals surface area contributed by atoms with Gasteiger partial charge in [0, 0.05) is 38.8 Å². The van der Waals surface area contributed by atoms with E-state index in [9.17, 15) is 14.4 Å². The van der Waals surface area contributed by atoms with E-state index in [1.54, 1.807) is 0 Å². The van der Waals surface area contributed by atoms with Gasteiger partial charge >= 0.3 is 0 Å². The highest BCUT2D eigenvalue weighted by atomic mass is 16.7. The molecule has 0 aromatic carbocycles. The molecular weight excluding hydrogens is 288 g/mol. The molecule has 0 spiro atoms. The predicted molar refractivity (Wildman–Crippen MR) is 77.3 cm³/mol. The molecule has 0 radical (unpaired) electrons. The summed E-state index contributed by atoms with van der Waals surface area (Å²) in [5, 5.41) is 2.70. The zero-order valence-electron chi connectivity index (χ0n) is 12.9. The van der Waals surface area contributed by atoms with Gasteiger partial charge in [0.25, 0.3) is 0 Å². The summed E-state index contributed by atoms with van der Waals surface area (Å²) >= 11 is 0. The summed E-state index contributed by atoms with van der Waals surface area (Å²) in [6.07, 6.45) is 4.40. The quantitative estimate of drug-likeness (QED) is 0.737. The summed E-state index contributed by atoms with van der Waals surface area (Å²) < 4.78 is 0. The van der Waals surface area contributed by atoms with Crippen molar-refractivity contribution in [2.24, 2.45) is 0 Å². The van der Waals surface area contributed by atoms with E-state index in [1.807, 2.05) is 0 Å². The van der Waals surface area contributed by atoms with Crippen LogP contribution in [0.4, 0.5) is 0 Å². The highest BCUT2D eigenvalue weighted by molar-refractivity contribution is 5.87. The van der Waals surface area contributed by atoms with E-state index in [0.717, 1.165) is 25.7 Å². The van der Waals surface area contributed by atoms with E-state index in [4.69, 9.17) is 9.68 Å². The van der Waals surface area contributed by atoms with Crippen LogP contribution in [0.25, 0.3) is 0 Å². The van der Waals surface area contributed by atoms with Crippen LogP contribution in [-0.2, 0) is 24.1 Å². The molecule has 0 aromatic rings. The van der Waals surface area contributed by atoms with Crippen LogP contribution in [0.1, 0.15) is 51.4 Å². The van der Waals surface area contributed by atoms with Crippen LogP contribution in [0.5, 0.6) is 0 Å². The Morgan fingerprint density at radius 1 is 0.682 bits per heavy atom. The maximum atomic E-state index is 11.8. The van der Waals surface area contributed by atoms with Gasteiger partial charge in [-0.15, -0.1) is 0 Å². The lowest BCUT2D eigenvalue weighted by molar-refractivity contribution is -0.197. The highest BCUT2D eigenvalue weighted by Crippen LogP contribution is 2.11. The second-order valence-electron chi connectivity index (χ2n) is 5.61. The molecule has 2 aliphatic rings. The Balaban J connectivity index is 1.60. The van der Waals surface area contributed by atoms with Crippen LogP contribution in [0, 0.1) is 0 Å². The number of amides is 2. The number of ketones is 1. The molecule has 0 unspecified atom stereocenters. The third-order valence-electron chi connectivity index (χ3n) is 3.80. The van der Waals surface area contributed by atoms with Crippen LogP contribution in [0.3, 0.4) is 0 Å². The minimum atomic E-state index is -0.154. The van der Waals surface area contributed by atoms with E-state index in [0.29, 0.717) is 26.3 Å². The molecule has 124 valence electrons. The molecule has 7 nitrogen and oxygen atoms in total. The molecule has 0 N–H and O–H groups in total. The predicted octanol–water partition coefficient (Wildman–Crippen LogP) is 1.22. The normalized spacial score (nSPS) is 19.1. The molecule has 0 atom stereocenters. The first-order valence-electron chi connectivity index (χ1n) is 8.05. The summed E-state index contributed by atoms with van der Waals surface area (Å²) in [7, 11) is 0. The first kappa shape index (κ1) is 16.9. The molecular formula is C15H24N2O5. The molecule has 2 saturated heterocycles. The largest absolute Gasteiger partial charge is 0.300 e. The average Bonchev–Trinajstić information content (AvgIpc) is 2.59. The van der Waals surface area contributed by atoms with Gasteiger partial charge in [-0.25, -0.2) is 10.1 Å². The molecule has 22 heavy (non-hydrogen) atoms. The standard InChI is InChI=1S/C15H24N2O5/c18-13(5-7-14(19)16-9-1-3-11-21-16)6-8-15(20)17-10-2-4-12-22-17/h1-12H2. The van der Waals surface area contributed by atoms with Gasteiger partial charge < -0.3 is 0 Å². The molecule has 2 fully saturated rings. The van der Waals surface area contributed by atoms with Crippen LogP contribution < -0.4 is 0 Å². The van der Waals surface area contributed by atoms with Gasteiger partial charge in [0.05, 0.1) is 13.2 Å². The van der Waals surface area contributed by atoms with Crippen molar-refractivity contribution in [3.05, 3.63) is 0 Å². The molecule has 0 bridgehead atoms. The molecule has 7 heteroatoms. The van der Waals surface area contributed by atoms with Crippen molar-refractivity contribution in [1.29, 1.82) is 0 Å². The Bertz CT molecular complexity index is 365. The van der Waals surface area contributed by atoms with Crippen LogP contribution in [0.2, 0.25) is 0 Å². The monoisotopic (exact) mass is 312 g/mol. The number of Topliss-reactive ketones (excluding diaryl/α,β-unsaturated/α-hetero) is 1. The first-order chi connectivity index (χ1) is 10.7. The third kappa shape index (κ3) is 5.38. The summed E-state index contributed by atoms with van der Waals surface area (Å²) in [6.45, 7) is 2.31. The van der Waals surface area contributed by atoms with Crippen molar-refractivity contribution in [3.63, 3.8) is 0 Å². The topological polar surface area (TPSA) is 76.2 Å². The average molecular weight is 312 g/mol. The fourth-order valence-electron chi connectivity index (χ4n) is 2.45. The zero-order chi connectivity index (χ0) is 15.8. The second-order valence-corrected chi connectivity index (χ2v) is 5.61. The van der Waals surface area contributed by atoms with Crippen molar-refractivity contribution in [3.8, 4) is 0 Å². The summed E-state index contributed by atoms with van der Waals surface area (Å²) in [6, 6.07) is 0. The van der Waals surface area contributed by atoms with Gasteiger partial charge in [-0.2, -0.15) is 0 Å². The Kier molecular flexibility index (Phi) is 6.79. The van der Waals surface area contributed by atoms with Gasteiger partial charge in [-0.05, 0) is 25.7 Å². The molecule has 2 heterocycles. The van der Waals surface area contributed by atoms with Gasteiger partial charge in [-0.1, -0.05) is 0 Å². The minimum Gasteiger partial charge on any atom is -0.300 e. The maximum absolute atomic E-state index is 11.8. The number of hydrogen-bond donors (Lipinski definition) is 0. The molecule has 2 aliphatic heterocycles. The maximum Gasteiger partial charge on any atom is 0.246 e. The van der Waals surface area contributed by atoms with E-state index >= 15 is 0 Å². The molecule has 2 rings (SSSR count). The van der Waals surface area contributed by atoms with Crippen LogP contribution in [0.15, 0.2) is 0 Å². The van der Waals surface area contributed by atoms with Gasteiger partial charge in [0.2, 0.25) is 11.8 Å². The molecule has 0 aliphatic carbocycles. The van der Waals surface area contributed by atoms with Crippen LogP contribution >= 0.6 is 0 Å². The van der Waals surface area contributed by atoms with E-state index < -0.39 is 0 Å². The number of hydroxylamine groups is 4. The number of nitrogens with zero attached hydrogens (tertiary/aromatic N) is 2. The lowest BCUT2D eigenvalue weighted by atomic mass is 10.1. The molecule has 0 saturated carbocycles. The number of carbonyl (C=O) groups is 3. The van der Waals surface area contributed by atoms with Gasteiger partial charge in [0.15, 0.2) is 0 Å². The molecule has 0 aromatic heterocycles. The summed E-state index contributed by atoms with van der Waals surface area (Å²) in [5.74, 6) is -0.381. The lowest BCUT2D eigenvalue weighted by Crippen LogP contribution is -2.36. The van der Waals surface area contributed by atoms with Crippen molar-refractivity contribution < 1.29 is 24.1 Å². The molecule has 2 amide bonds. The smallest absolute Gasteiger partial charge is 0.246 e. The lowest BCUT2D eigenvalue weighted by Gasteiger charge is -2.26. The van der Waals surface area contributed by atoms with Gasteiger partial charge in [-0.3, -0.25) is 24.1 Å². The van der Waals surface area contributed by atoms with Crippen molar-refractivity contribution in [2.45, 2.75) is 51.4 Å². The van der Waals surface area contributed by atoms with Crippen molar-refractivity contribution in [2.75, 3.05) is 26.3 Å². The number of carbonyl (C=O) groups excluding carboxylic acids is 3. The number of rotatable bonds is 6. The zero-order valence-corrected chi connectivity index (χ0v) is 12.9. The second kappa shape index (κ2) is 8.85. The fraction of sp³-hybridized carbons (Fsp3) is 0.800. The Labute approximate surface area is 130 Å². The van der Waals surface area contributed by atoms with E-state index in [1.165, 1.54) is 10.1 Å². The van der Waals surface area contributed by atoms with E-state index in [2.05, 4.69) is 0 Å². The fourth-order valence-corrected chi connectivity index (χ4v) is 2.45. The highest BCUT2D eigenvalue weighted by Gasteiger charge is 2.20. The number of hydrogen-bond acceptors (Lipinski definition) is 5. The first-order valence-corrected chi connectivity index (χ1v) is 8.05. The SMILES string of the molecule is O=C(CCC(=O)N1CCCCO1)CCC(=O)N1CCCCO1.